The molecule has 0 aromatic carbocycles. The fourth-order valence-electron chi connectivity index (χ4n) is 1.15. The maximum Gasteiger partial charge on any atom is 0.573 e. The predicted octanol–water partition coefficient (Wildman–Crippen LogP) is 2.22. The molecular weight excluding hydrogens is 265 g/mol. The van der Waals surface area contributed by atoms with Crippen molar-refractivity contribution in [3.05, 3.63) is 23.3 Å². The summed E-state index contributed by atoms with van der Waals surface area (Å²) in [6, 6.07) is 0. The molecule has 0 fully saturated rings. The average molecular weight is 271 g/mol. The molecule has 0 atom stereocenters. The Morgan fingerprint density at radius 2 is 2.06 bits per heavy atom. The van der Waals surface area contributed by atoms with E-state index in [-0.39, 0.29) is 0 Å². The second-order valence-corrected chi connectivity index (χ2v) is 3.13. The van der Waals surface area contributed by atoms with E-state index in [2.05, 4.69) is 9.72 Å². The molecule has 0 aliphatic rings. The van der Waals surface area contributed by atoms with E-state index in [9.17, 15) is 26.7 Å². The minimum absolute atomic E-state index is 0.630. The highest BCUT2D eigenvalue weighted by atomic mass is 19.4. The van der Waals surface area contributed by atoms with Gasteiger partial charge >= 0.3 is 12.3 Å². The van der Waals surface area contributed by atoms with Crippen molar-refractivity contribution in [3.8, 4) is 5.75 Å². The van der Waals surface area contributed by atoms with Crippen LogP contribution < -0.4 is 4.74 Å². The van der Waals surface area contributed by atoms with Gasteiger partial charge in [0.05, 0.1) is 6.42 Å². The summed E-state index contributed by atoms with van der Waals surface area (Å²) in [7, 11) is 0. The molecule has 0 radical (unpaired) electrons. The van der Waals surface area contributed by atoms with E-state index in [4.69, 9.17) is 5.11 Å². The number of alkyl halides is 4. The number of hydrogen-bond acceptors (Lipinski definition) is 3. The van der Waals surface area contributed by atoms with Crippen molar-refractivity contribution in [2.24, 2.45) is 0 Å². The number of pyridine rings is 1. The van der Waals surface area contributed by atoms with Gasteiger partial charge in [-0.25, -0.2) is 8.78 Å². The summed E-state index contributed by atoms with van der Waals surface area (Å²) >= 11 is 0. The lowest BCUT2D eigenvalue weighted by Crippen LogP contribution is -2.20. The third-order valence-corrected chi connectivity index (χ3v) is 1.81. The number of halogens is 5. The van der Waals surface area contributed by atoms with Gasteiger partial charge in [-0.15, -0.1) is 13.2 Å². The number of carbonyl (C=O) groups is 1. The molecular formula is C9H6F5NO3. The Hall–Kier alpha value is -1.93. The van der Waals surface area contributed by atoms with Crippen molar-refractivity contribution in [1.82, 2.24) is 4.98 Å². The molecule has 1 heterocycles. The van der Waals surface area contributed by atoms with E-state index in [1.165, 1.54) is 0 Å². The van der Waals surface area contributed by atoms with Crippen LogP contribution >= 0.6 is 0 Å². The van der Waals surface area contributed by atoms with Gasteiger partial charge in [-0.05, 0) is 0 Å². The number of nitrogens with zero attached hydrogens (tertiary/aromatic N) is 1. The molecule has 1 rings (SSSR count). The molecule has 0 aliphatic carbocycles. The largest absolute Gasteiger partial charge is 0.573 e. The van der Waals surface area contributed by atoms with E-state index in [1.54, 1.807) is 0 Å². The van der Waals surface area contributed by atoms with Crippen molar-refractivity contribution in [2.45, 2.75) is 19.5 Å². The van der Waals surface area contributed by atoms with Crippen LogP contribution in [0.4, 0.5) is 22.0 Å². The SMILES string of the molecule is O=C(O)Cc1cnc(CF)c(F)c1OC(F)(F)F. The highest BCUT2D eigenvalue weighted by molar-refractivity contribution is 5.71. The van der Waals surface area contributed by atoms with E-state index in [0.717, 1.165) is 0 Å². The zero-order chi connectivity index (χ0) is 13.9. The van der Waals surface area contributed by atoms with Crippen molar-refractivity contribution < 1.29 is 36.6 Å². The summed E-state index contributed by atoms with van der Waals surface area (Å²) in [5, 5.41) is 8.45. The van der Waals surface area contributed by atoms with E-state index < -0.39 is 48.3 Å². The van der Waals surface area contributed by atoms with Gasteiger partial charge in [-0.2, -0.15) is 0 Å². The molecule has 0 saturated heterocycles. The maximum atomic E-state index is 13.4. The second-order valence-electron chi connectivity index (χ2n) is 3.13. The Balaban J connectivity index is 3.26. The van der Waals surface area contributed by atoms with Crippen molar-refractivity contribution in [2.75, 3.05) is 0 Å². The summed E-state index contributed by atoms with van der Waals surface area (Å²) in [5.74, 6) is -4.53. The number of aliphatic carboxylic acids is 1. The summed E-state index contributed by atoms with van der Waals surface area (Å²) < 4.78 is 65.1. The fourth-order valence-corrected chi connectivity index (χ4v) is 1.15. The van der Waals surface area contributed by atoms with Crippen LogP contribution in [0.1, 0.15) is 11.3 Å². The summed E-state index contributed by atoms with van der Waals surface area (Å²) in [6.45, 7) is -1.44. The molecule has 0 aliphatic heterocycles. The van der Waals surface area contributed by atoms with Crippen LogP contribution in [-0.4, -0.2) is 22.4 Å². The highest BCUT2D eigenvalue weighted by Crippen LogP contribution is 2.30. The van der Waals surface area contributed by atoms with E-state index >= 15 is 0 Å². The van der Waals surface area contributed by atoms with Crippen LogP contribution in [0.3, 0.4) is 0 Å². The van der Waals surface area contributed by atoms with Crippen molar-refractivity contribution in [3.63, 3.8) is 0 Å². The highest BCUT2D eigenvalue weighted by Gasteiger charge is 2.34. The molecule has 0 saturated carbocycles. The first-order chi connectivity index (χ1) is 8.24. The minimum Gasteiger partial charge on any atom is -0.481 e. The molecule has 1 aromatic heterocycles. The first kappa shape index (κ1) is 14.1. The molecule has 4 nitrogen and oxygen atoms in total. The lowest BCUT2D eigenvalue weighted by atomic mass is 10.1. The van der Waals surface area contributed by atoms with Crippen LogP contribution in [0.5, 0.6) is 5.75 Å². The van der Waals surface area contributed by atoms with Crippen molar-refractivity contribution in [1.29, 1.82) is 0 Å². The van der Waals surface area contributed by atoms with Gasteiger partial charge in [0.15, 0.2) is 11.6 Å². The van der Waals surface area contributed by atoms with Crippen LogP contribution in [0.25, 0.3) is 0 Å². The number of ether oxygens (including phenoxy) is 1. The molecule has 0 unspecified atom stereocenters. The van der Waals surface area contributed by atoms with Crippen LogP contribution in [0.15, 0.2) is 6.20 Å². The smallest absolute Gasteiger partial charge is 0.481 e. The van der Waals surface area contributed by atoms with Crippen molar-refractivity contribution >= 4 is 5.97 Å². The summed E-state index contributed by atoms with van der Waals surface area (Å²) in [5.41, 5.74) is -1.52. The minimum atomic E-state index is -5.22. The van der Waals surface area contributed by atoms with Crippen LogP contribution in [0.2, 0.25) is 0 Å². The number of carboxylic acid groups (broad SMARTS) is 1. The molecule has 0 spiro atoms. The molecule has 0 bridgehead atoms. The fraction of sp³-hybridized carbons (Fsp3) is 0.333. The van der Waals surface area contributed by atoms with Gasteiger partial charge in [-0.3, -0.25) is 9.78 Å². The van der Waals surface area contributed by atoms with E-state index in [0.29, 0.717) is 6.20 Å². The summed E-state index contributed by atoms with van der Waals surface area (Å²) in [4.78, 5) is 13.6. The van der Waals surface area contributed by atoms with Gasteiger partial charge < -0.3 is 9.84 Å². The van der Waals surface area contributed by atoms with Gasteiger partial charge in [-0.1, -0.05) is 0 Å². The van der Waals surface area contributed by atoms with Gasteiger partial charge in [0.2, 0.25) is 0 Å². The van der Waals surface area contributed by atoms with Crippen LogP contribution in [-0.2, 0) is 17.9 Å². The Kier molecular flexibility index (Phi) is 4.04. The monoisotopic (exact) mass is 271 g/mol. The molecule has 9 heteroatoms. The van der Waals surface area contributed by atoms with Gasteiger partial charge in [0.1, 0.15) is 12.4 Å². The van der Waals surface area contributed by atoms with E-state index in [1.807, 2.05) is 0 Å². The lowest BCUT2D eigenvalue weighted by Gasteiger charge is -2.14. The molecule has 1 aromatic rings. The predicted molar refractivity (Wildman–Crippen MR) is 47.0 cm³/mol. The Bertz CT molecular complexity index is 460. The first-order valence-electron chi connectivity index (χ1n) is 4.44. The quantitative estimate of drug-likeness (QED) is 0.853. The topological polar surface area (TPSA) is 59.4 Å². The average Bonchev–Trinajstić information content (AvgIpc) is 2.21. The molecule has 18 heavy (non-hydrogen) atoms. The standard InChI is InChI=1S/C9H6F5NO3/c10-2-5-7(11)8(18-9(12,13)14)4(3-15-5)1-6(16)17/h3H,1-2H2,(H,16,17). The Labute approximate surface area is 97.0 Å². The zero-order valence-corrected chi connectivity index (χ0v) is 8.59. The number of aromatic nitrogens is 1. The second kappa shape index (κ2) is 5.15. The Morgan fingerprint density at radius 3 is 2.50 bits per heavy atom. The number of hydrogen-bond donors (Lipinski definition) is 1. The van der Waals surface area contributed by atoms with Gasteiger partial charge in [0.25, 0.3) is 0 Å². The Morgan fingerprint density at radius 1 is 1.44 bits per heavy atom. The number of rotatable bonds is 4. The van der Waals surface area contributed by atoms with Gasteiger partial charge in [0, 0.05) is 11.8 Å². The zero-order valence-electron chi connectivity index (χ0n) is 8.59. The number of carboxylic acids is 1. The molecule has 0 amide bonds. The maximum absolute atomic E-state index is 13.4. The molecule has 1 N–H and O–H groups in total. The van der Waals surface area contributed by atoms with Crippen LogP contribution in [0, 0.1) is 5.82 Å². The first-order valence-corrected chi connectivity index (χ1v) is 4.44. The lowest BCUT2D eigenvalue weighted by molar-refractivity contribution is -0.276. The third kappa shape index (κ3) is 3.54. The molecule has 100 valence electrons. The summed E-state index contributed by atoms with van der Waals surface area (Å²) in [6.07, 6.45) is -5.52. The normalized spacial score (nSPS) is 11.4. The third-order valence-electron chi connectivity index (χ3n) is 1.81.